The zero-order chi connectivity index (χ0) is 23.1. The fraction of sp³-hybridized carbons (Fsp3) is 0.524. The predicted octanol–water partition coefficient (Wildman–Crippen LogP) is 2.01. The lowest BCUT2D eigenvalue weighted by atomic mass is 9.99. The summed E-state index contributed by atoms with van der Waals surface area (Å²) in [5.74, 6) is 0.585. The Labute approximate surface area is 182 Å². The van der Waals surface area contributed by atoms with Gasteiger partial charge in [0.05, 0.1) is 12.4 Å². The van der Waals surface area contributed by atoms with Gasteiger partial charge >= 0.3 is 5.69 Å². The molecule has 0 saturated heterocycles. The molecule has 9 nitrogen and oxygen atoms in total. The van der Waals surface area contributed by atoms with E-state index in [1.54, 1.807) is 6.92 Å². The average molecular weight is 454 g/mol. The summed E-state index contributed by atoms with van der Waals surface area (Å²) < 4.78 is 39.7. The van der Waals surface area contributed by atoms with E-state index in [2.05, 4.69) is 30.5 Å². The Hall–Kier alpha value is -2.43. The third-order valence-electron chi connectivity index (χ3n) is 4.22. The molecule has 2 aromatic rings. The highest BCUT2D eigenvalue weighted by molar-refractivity contribution is 7.89. The van der Waals surface area contributed by atoms with E-state index in [-0.39, 0.29) is 30.9 Å². The van der Waals surface area contributed by atoms with E-state index in [9.17, 15) is 18.0 Å². The van der Waals surface area contributed by atoms with E-state index >= 15 is 0 Å². The topological polar surface area (TPSA) is 119 Å². The van der Waals surface area contributed by atoms with Crippen molar-refractivity contribution in [3.8, 4) is 5.75 Å². The van der Waals surface area contributed by atoms with Crippen molar-refractivity contribution < 1.29 is 17.9 Å². The molecule has 1 aromatic heterocycles. The quantitative estimate of drug-likeness (QED) is 0.502. The number of H-pyrrole nitrogens is 1. The highest BCUT2D eigenvalue weighted by Gasteiger charge is 2.17. The van der Waals surface area contributed by atoms with Gasteiger partial charge in [0.15, 0.2) is 0 Å². The molecule has 31 heavy (non-hydrogen) atoms. The van der Waals surface area contributed by atoms with Crippen molar-refractivity contribution in [2.45, 2.75) is 46.9 Å². The second-order valence-corrected chi connectivity index (χ2v) is 10.4. The minimum absolute atomic E-state index is 0.0246. The summed E-state index contributed by atoms with van der Waals surface area (Å²) in [7, 11) is -3.52. The fourth-order valence-corrected chi connectivity index (χ4v) is 3.92. The smallest absolute Gasteiger partial charge is 0.330 e. The van der Waals surface area contributed by atoms with Crippen LogP contribution in [0.3, 0.4) is 0 Å². The zero-order valence-corrected chi connectivity index (χ0v) is 19.2. The van der Waals surface area contributed by atoms with Gasteiger partial charge in [0.25, 0.3) is 5.56 Å². The van der Waals surface area contributed by atoms with Crippen LogP contribution in [0.1, 0.15) is 45.7 Å². The van der Waals surface area contributed by atoms with Gasteiger partial charge in [0.2, 0.25) is 10.0 Å². The molecule has 0 bridgehead atoms. The first-order chi connectivity index (χ1) is 14.5. The number of aromatic amines is 1. The second kappa shape index (κ2) is 10.7. The molecule has 0 unspecified atom stereocenters. The third kappa shape index (κ3) is 9.07. The maximum Gasteiger partial charge on any atom is 0.330 e. The first-order valence-corrected chi connectivity index (χ1v) is 11.7. The van der Waals surface area contributed by atoms with Crippen LogP contribution < -0.4 is 20.7 Å². The Kier molecular flexibility index (Phi) is 8.60. The van der Waals surface area contributed by atoms with Crippen LogP contribution in [0.2, 0.25) is 0 Å². The lowest BCUT2D eigenvalue weighted by molar-refractivity contribution is 0.0744. The minimum atomic E-state index is -3.52. The summed E-state index contributed by atoms with van der Waals surface area (Å²) in [5, 5.41) is 0. The molecule has 1 heterocycles. The third-order valence-corrected chi connectivity index (χ3v) is 5.75. The molecule has 0 aliphatic heterocycles. The molecule has 2 N–H and O–H groups in total. The van der Waals surface area contributed by atoms with E-state index in [1.165, 1.54) is 16.8 Å². The Balaban J connectivity index is 1.81. The van der Waals surface area contributed by atoms with Crippen LogP contribution in [0.5, 0.6) is 5.75 Å². The van der Waals surface area contributed by atoms with E-state index in [4.69, 9.17) is 9.47 Å². The molecule has 1 atom stereocenters. The molecular weight excluding hydrogens is 422 g/mol. The molecule has 0 radical (unpaired) electrons. The van der Waals surface area contributed by atoms with Gasteiger partial charge in [-0.2, -0.15) is 0 Å². The van der Waals surface area contributed by atoms with Crippen molar-refractivity contribution in [1.82, 2.24) is 14.3 Å². The van der Waals surface area contributed by atoms with Gasteiger partial charge in [-0.3, -0.25) is 14.3 Å². The van der Waals surface area contributed by atoms with Crippen molar-refractivity contribution in [2.24, 2.45) is 5.41 Å². The summed E-state index contributed by atoms with van der Waals surface area (Å²) in [6, 6.07) is 8.17. The number of rotatable bonds is 11. The Morgan fingerprint density at radius 2 is 1.94 bits per heavy atom. The number of hydrogen-bond donors (Lipinski definition) is 2. The largest absolute Gasteiger partial charge is 0.493 e. The zero-order valence-electron chi connectivity index (χ0n) is 18.4. The molecule has 0 aliphatic carbocycles. The molecule has 172 valence electrons. The fourth-order valence-electron chi connectivity index (χ4n) is 2.63. The van der Waals surface area contributed by atoms with Crippen molar-refractivity contribution in [1.29, 1.82) is 0 Å². The average Bonchev–Trinajstić information content (AvgIpc) is 2.67. The number of aromatic nitrogens is 2. The maximum absolute atomic E-state index is 12.4. The molecule has 1 aromatic carbocycles. The van der Waals surface area contributed by atoms with Crippen LogP contribution in [0.15, 0.2) is 46.1 Å². The molecule has 0 fully saturated rings. The SMILES string of the molecule is C[C@@H](NS(=O)(=O)CCCOCn1ccc(=O)[nH]c1=O)c1cccc(OCC(C)(C)C)c1. The summed E-state index contributed by atoms with van der Waals surface area (Å²) in [6.45, 7) is 8.65. The van der Waals surface area contributed by atoms with Crippen LogP contribution in [0.4, 0.5) is 0 Å². The molecule has 0 aliphatic rings. The number of sulfonamides is 1. The van der Waals surface area contributed by atoms with Gasteiger partial charge in [0, 0.05) is 24.9 Å². The van der Waals surface area contributed by atoms with E-state index in [1.807, 2.05) is 24.3 Å². The lowest BCUT2D eigenvalue weighted by Gasteiger charge is -2.20. The summed E-state index contributed by atoms with van der Waals surface area (Å²) in [6.07, 6.45) is 1.58. The van der Waals surface area contributed by atoms with Crippen LogP contribution in [-0.4, -0.2) is 36.9 Å². The maximum atomic E-state index is 12.4. The van der Waals surface area contributed by atoms with Gasteiger partial charge in [-0.1, -0.05) is 32.9 Å². The van der Waals surface area contributed by atoms with Crippen LogP contribution >= 0.6 is 0 Å². The number of nitrogens with one attached hydrogen (secondary N) is 2. The predicted molar refractivity (Wildman–Crippen MR) is 119 cm³/mol. The Bertz CT molecular complexity index is 1070. The summed E-state index contributed by atoms with van der Waals surface area (Å²) in [4.78, 5) is 24.7. The molecular formula is C21H31N3O6S. The van der Waals surface area contributed by atoms with Crippen molar-refractivity contribution >= 4 is 10.0 Å². The van der Waals surface area contributed by atoms with Crippen molar-refractivity contribution in [3.05, 3.63) is 62.9 Å². The molecule has 0 saturated carbocycles. The van der Waals surface area contributed by atoms with Crippen LogP contribution in [0, 0.1) is 5.41 Å². The van der Waals surface area contributed by atoms with Crippen LogP contribution in [0.25, 0.3) is 0 Å². The minimum Gasteiger partial charge on any atom is -0.493 e. The number of hydrogen-bond acceptors (Lipinski definition) is 6. The Morgan fingerprint density at radius 3 is 2.61 bits per heavy atom. The standard InChI is InChI=1S/C21H31N3O6S/c1-16(17-7-5-8-18(13-17)30-14-21(2,3)4)23-31(27,28)12-6-11-29-15-24-10-9-19(25)22-20(24)26/h5,7-10,13,16,23H,6,11-12,14-15H2,1-4H3,(H,22,25,26)/t16-/m1/s1. The molecule has 10 heteroatoms. The number of benzene rings is 1. The molecule has 2 rings (SSSR count). The van der Waals surface area contributed by atoms with E-state index < -0.39 is 27.3 Å². The monoisotopic (exact) mass is 453 g/mol. The van der Waals surface area contributed by atoms with Crippen molar-refractivity contribution in [2.75, 3.05) is 19.0 Å². The van der Waals surface area contributed by atoms with Gasteiger partial charge in [-0.25, -0.2) is 17.9 Å². The van der Waals surface area contributed by atoms with Gasteiger partial charge in [0.1, 0.15) is 12.5 Å². The number of nitrogens with zero attached hydrogens (tertiary/aromatic N) is 1. The highest BCUT2D eigenvalue weighted by Crippen LogP contribution is 2.22. The van der Waals surface area contributed by atoms with Gasteiger partial charge < -0.3 is 9.47 Å². The first-order valence-electron chi connectivity index (χ1n) is 10.1. The Morgan fingerprint density at radius 1 is 1.19 bits per heavy atom. The molecule has 0 spiro atoms. The highest BCUT2D eigenvalue weighted by atomic mass is 32.2. The first kappa shape index (κ1) is 24.8. The second-order valence-electron chi connectivity index (χ2n) is 8.55. The normalized spacial score (nSPS) is 13.2. The van der Waals surface area contributed by atoms with E-state index in [0.717, 1.165) is 5.56 Å². The van der Waals surface area contributed by atoms with E-state index in [0.29, 0.717) is 12.4 Å². The molecule has 0 amide bonds. The summed E-state index contributed by atoms with van der Waals surface area (Å²) >= 11 is 0. The van der Waals surface area contributed by atoms with Gasteiger partial charge in [-0.05, 0) is 36.5 Å². The lowest BCUT2D eigenvalue weighted by Crippen LogP contribution is -2.30. The van der Waals surface area contributed by atoms with Crippen molar-refractivity contribution in [3.63, 3.8) is 0 Å². The number of ether oxygens (including phenoxy) is 2. The van der Waals surface area contributed by atoms with Gasteiger partial charge in [-0.15, -0.1) is 0 Å². The van der Waals surface area contributed by atoms with Crippen LogP contribution in [-0.2, 0) is 21.5 Å². The summed E-state index contributed by atoms with van der Waals surface area (Å²) in [5.41, 5.74) is -0.233.